The minimum atomic E-state index is -0.695. The Morgan fingerprint density at radius 1 is 0.521 bits per heavy atom. The van der Waals surface area contributed by atoms with Crippen LogP contribution in [0.25, 0.3) is 12.2 Å². The molecule has 2 aromatic carbocycles. The summed E-state index contributed by atoms with van der Waals surface area (Å²) >= 11 is 0. The molecule has 264 valence electrons. The van der Waals surface area contributed by atoms with E-state index in [1.807, 2.05) is 24.3 Å². The fourth-order valence-electron chi connectivity index (χ4n) is 4.96. The Kier molecular flexibility index (Phi) is 21.9. The Morgan fingerprint density at radius 2 is 0.958 bits per heavy atom. The molecule has 7 nitrogen and oxygen atoms in total. The van der Waals surface area contributed by atoms with Crippen molar-refractivity contribution in [3.05, 3.63) is 71.3 Å². The molecule has 0 atom stereocenters. The maximum Gasteiger partial charge on any atom is 0.345 e. The van der Waals surface area contributed by atoms with Gasteiger partial charge in [0.15, 0.2) is 0 Å². The van der Waals surface area contributed by atoms with Crippen molar-refractivity contribution < 1.29 is 33.3 Å². The number of unbranched alkanes of at least 4 members (excludes halogenated alkanes) is 13. The first-order valence-electron chi connectivity index (χ1n) is 18.3. The van der Waals surface area contributed by atoms with Crippen molar-refractivity contribution in [3.63, 3.8) is 0 Å². The minimum Gasteiger partial charge on any atom is -0.494 e. The largest absolute Gasteiger partial charge is 0.494 e. The lowest BCUT2D eigenvalue weighted by Crippen LogP contribution is -2.19. The van der Waals surface area contributed by atoms with Crippen LogP contribution in [0, 0.1) is 0 Å². The second kappa shape index (κ2) is 26.1. The van der Waals surface area contributed by atoms with Crippen LogP contribution in [0.1, 0.15) is 135 Å². The van der Waals surface area contributed by atoms with E-state index in [1.165, 1.54) is 44.3 Å². The van der Waals surface area contributed by atoms with Gasteiger partial charge in [-0.3, -0.25) is 0 Å². The van der Waals surface area contributed by atoms with Gasteiger partial charge in [-0.25, -0.2) is 14.4 Å². The summed E-state index contributed by atoms with van der Waals surface area (Å²) in [6.07, 6.45) is 22.0. The number of rotatable bonds is 26. The molecule has 2 aromatic rings. The molecule has 7 heteroatoms. The van der Waals surface area contributed by atoms with E-state index in [1.54, 1.807) is 30.3 Å². The number of carbonyl (C=O) groups is 3. The smallest absolute Gasteiger partial charge is 0.345 e. The van der Waals surface area contributed by atoms with Crippen molar-refractivity contribution in [2.24, 2.45) is 0 Å². The molecule has 0 fully saturated rings. The van der Waals surface area contributed by atoms with Gasteiger partial charge in [-0.05, 0) is 66.8 Å². The Bertz CT molecular complexity index is 1200. The lowest BCUT2D eigenvalue weighted by atomic mass is 10.1. The first kappa shape index (κ1) is 40.3. The third-order valence-electron chi connectivity index (χ3n) is 7.87. The summed E-state index contributed by atoms with van der Waals surface area (Å²) in [4.78, 5) is 38.3. The van der Waals surface area contributed by atoms with E-state index in [9.17, 15) is 14.4 Å². The van der Waals surface area contributed by atoms with E-state index >= 15 is 0 Å². The fraction of sp³-hybridized carbons (Fsp3) is 0.537. The summed E-state index contributed by atoms with van der Waals surface area (Å²) in [6.45, 7) is 7.73. The van der Waals surface area contributed by atoms with Crippen LogP contribution in [0.3, 0.4) is 0 Å². The maximum absolute atomic E-state index is 12.9. The molecule has 0 aromatic heterocycles. The highest BCUT2D eigenvalue weighted by molar-refractivity contribution is 6.17. The van der Waals surface area contributed by atoms with Crippen LogP contribution in [-0.4, -0.2) is 37.7 Å². The van der Waals surface area contributed by atoms with E-state index in [4.69, 9.17) is 18.9 Å². The first-order chi connectivity index (χ1) is 23.5. The van der Waals surface area contributed by atoms with Crippen molar-refractivity contribution in [1.82, 2.24) is 0 Å². The molecule has 0 heterocycles. The molecule has 0 unspecified atom stereocenters. The first-order valence-corrected chi connectivity index (χ1v) is 18.3. The zero-order valence-electron chi connectivity index (χ0n) is 29.6. The highest BCUT2D eigenvalue weighted by Crippen LogP contribution is 2.18. The molecule has 0 aliphatic carbocycles. The molecular formula is C41H58O7. The highest BCUT2D eigenvalue weighted by Gasteiger charge is 2.21. The van der Waals surface area contributed by atoms with E-state index in [0.717, 1.165) is 81.9 Å². The second-order valence-electron chi connectivity index (χ2n) is 12.2. The van der Waals surface area contributed by atoms with Crippen molar-refractivity contribution >= 4 is 30.1 Å². The lowest BCUT2D eigenvalue weighted by Gasteiger charge is -2.10. The maximum atomic E-state index is 12.9. The number of benzene rings is 2. The molecule has 0 aliphatic heterocycles. The summed E-state index contributed by atoms with van der Waals surface area (Å²) in [5.74, 6) is -0.760. The summed E-state index contributed by atoms with van der Waals surface area (Å²) in [7, 11) is 0. The molecule has 48 heavy (non-hydrogen) atoms. The highest BCUT2D eigenvalue weighted by atomic mass is 16.6. The Labute approximate surface area is 289 Å². The van der Waals surface area contributed by atoms with Crippen LogP contribution in [0.2, 0.25) is 0 Å². The number of carbonyl (C=O) groups excluding carboxylic acids is 3. The molecule has 0 saturated carbocycles. The molecular weight excluding hydrogens is 604 g/mol. The second-order valence-corrected chi connectivity index (χ2v) is 12.2. The topological polar surface area (TPSA) is 88.1 Å². The molecule has 0 saturated heterocycles. The van der Waals surface area contributed by atoms with Crippen LogP contribution in [0.4, 0.5) is 0 Å². The molecule has 0 spiro atoms. The van der Waals surface area contributed by atoms with Crippen LogP contribution in [-0.2, 0) is 23.9 Å². The molecule has 0 aliphatic rings. The van der Waals surface area contributed by atoms with Crippen LogP contribution < -0.4 is 9.47 Å². The van der Waals surface area contributed by atoms with E-state index in [-0.39, 0.29) is 18.8 Å². The third-order valence-corrected chi connectivity index (χ3v) is 7.87. The summed E-state index contributed by atoms with van der Waals surface area (Å²) < 4.78 is 22.1. The van der Waals surface area contributed by atoms with Gasteiger partial charge in [0.1, 0.15) is 17.1 Å². The number of hydrogen-bond donors (Lipinski definition) is 0. The third kappa shape index (κ3) is 18.5. The van der Waals surface area contributed by atoms with E-state index < -0.39 is 17.9 Å². The van der Waals surface area contributed by atoms with Crippen LogP contribution in [0.5, 0.6) is 11.5 Å². The van der Waals surface area contributed by atoms with Gasteiger partial charge in [0.25, 0.3) is 0 Å². The molecule has 2 rings (SSSR count). The van der Waals surface area contributed by atoms with Gasteiger partial charge in [-0.15, -0.1) is 0 Å². The quantitative estimate of drug-likeness (QED) is 0.0247. The van der Waals surface area contributed by atoms with Gasteiger partial charge in [-0.1, -0.05) is 129 Å². The monoisotopic (exact) mass is 662 g/mol. The van der Waals surface area contributed by atoms with Gasteiger partial charge in [-0.2, -0.15) is 0 Å². The normalized spacial score (nSPS) is 10.9. The SMILES string of the molecule is CCCCCCCCOc1ccc(/C=C/C(=O)Oc2ccc(C=C(C(=O)OCCCCCCC)C(=O)OCCCCCCC)cc2)cc1. The number of ether oxygens (including phenoxy) is 4. The minimum absolute atomic E-state index is 0.149. The summed E-state index contributed by atoms with van der Waals surface area (Å²) in [5, 5.41) is 0. The summed E-state index contributed by atoms with van der Waals surface area (Å²) in [6, 6.07) is 14.2. The van der Waals surface area contributed by atoms with Crippen molar-refractivity contribution in [3.8, 4) is 11.5 Å². The molecule has 0 N–H and O–H groups in total. The van der Waals surface area contributed by atoms with Crippen molar-refractivity contribution in [1.29, 1.82) is 0 Å². The molecule has 0 radical (unpaired) electrons. The van der Waals surface area contributed by atoms with Gasteiger partial charge in [0, 0.05) is 6.08 Å². The Morgan fingerprint density at radius 3 is 1.48 bits per heavy atom. The predicted molar refractivity (Wildman–Crippen MR) is 194 cm³/mol. The zero-order chi connectivity index (χ0) is 34.7. The standard InChI is InChI=1S/C41H58O7/c1-4-7-10-13-16-17-30-45-36-25-20-34(21-26-36)24-29-39(42)48-37-27-22-35(23-28-37)33-38(40(43)46-31-18-14-11-8-5-2)41(44)47-32-19-15-12-9-6-3/h20-29,33H,4-19,30-32H2,1-3H3/b29-24+. The Hall–Kier alpha value is -3.87. The fourth-order valence-corrected chi connectivity index (χ4v) is 4.96. The number of hydrogen-bond acceptors (Lipinski definition) is 7. The molecule has 0 amide bonds. The lowest BCUT2D eigenvalue weighted by molar-refractivity contribution is -0.147. The van der Waals surface area contributed by atoms with Gasteiger partial charge in [0.05, 0.1) is 19.8 Å². The van der Waals surface area contributed by atoms with Crippen molar-refractivity contribution in [2.75, 3.05) is 19.8 Å². The van der Waals surface area contributed by atoms with E-state index in [0.29, 0.717) is 17.9 Å². The van der Waals surface area contributed by atoms with Crippen LogP contribution in [0.15, 0.2) is 60.2 Å². The average molecular weight is 663 g/mol. The van der Waals surface area contributed by atoms with Gasteiger partial charge >= 0.3 is 17.9 Å². The van der Waals surface area contributed by atoms with Gasteiger partial charge < -0.3 is 18.9 Å². The molecule has 0 bridgehead atoms. The van der Waals surface area contributed by atoms with Gasteiger partial charge in [0.2, 0.25) is 0 Å². The van der Waals surface area contributed by atoms with Crippen LogP contribution >= 0.6 is 0 Å². The zero-order valence-corrected chi connectivity index (χ0v) is 29.6. The predicted octanol–water partition coefficient (Wildman–Crippen LogP) is 10.5. The van der Waals surface area contributed by atoms with E-state index in [2.05, 4.69) is 20.8 Å². The Balaban J connectivity index is 1.91. The summed E-state index contributed by atoms with van der Waals surface area (Å²) in [5.41, 5.74) is 1.29. The average Bonchev–Trinajstić information content (AvgIpc) is 3.10. The number of esters is 3. The van der Waals surface area contributed by atoms with Crippen molar-refractivity contribution in [2.45, 2.75) is 124 Å².